The van der Waals surface area contributed by atoms with Gasteiger partial charge in [-0.2, -0.15) is 0 Å². The Morgan fingerprint density at radius 1 is 1.25 bits per heavy atom. The van der Waals surface area contributed by atoms with Crippen molar-refractivity contribution in [2.75, 3.05) is 11.9 Å². The van der Waals surface area contributed by atoms with E-state index in [1.807, 2.05) is 25.1 Å². The van der Waals surface area contributed by atoms with E-state index in [2.05, 4.69) is 22.0 Å². The van der Waals surface area contributed by atoms with E-state index in [1.54, 1.807) is 12.1 Å². The summed E-state index contributed by atoms with van der Waals surface area (Å²) in [5, 5.41) is 9.28. The molecule has 2 aromatic rings. The van der Waals surface area contributed by atoms with E-state index in [-0.39, 0.29) is 23.9 Å². The summed E-state index contributed by atoms with van der Waals surface area (Å²) < 4.78 is 13.0. The number of carbonyl (C=O) groups excluding carboxylic acids is 1. The van der Waals surface area contributed by atoms with Gasteiger partial charge < -0.3 is 16.0 Å². The van der Waals surface area contributed by atoms with Crippen LogP contribution in [0.3, 0.4) is 0 Å². The molecule has 4 nitrogen and oxygen atoms in total. The first-order chi connectivity index (χ1) is 11.6. The van der Waals surface area contributed by atoms with Gasteiger partial charge in [0.1, 0.15) is 5.82 Å². The minimum atomic E-state index is -0.325. The number of aryl methyl sites for hydroxylation is 1. The number of benzene rings is 2. The molecule has 0 aromatic heterocycles. The number of hydrogen-bond donors (Lipinski definition) is 3. The fourth-order valence-corrected chi connectivity index (χ4v) is 3.12. The highest BCUT2D eigenvalue weighted by Crippen LogP contribution is 2.24. The van der Waals surface area contributed by atoms with Gasteiger partial charge in [0.25, 0.3) is 0 Å². The van der Waals surface area contributed by atoms with Crippen molar-refractivity contribution in [1.29, 1.82) is 0 Å². The van der Waals surface area contributed by atoms with Gasteiger partial charge in [-0.15, -0.1) is 0 Å². The van der Waals surface area contributed by atoms with Gasteiger partial charge in [-0.25, -0.2) is 9.18 Å². The van der Waals surface area contributed by atoms with Gasteiger partial charge in [-0.05, 0) is 56.1 Å². The van der Waals surface area contributed by atoms with Crippen LogP contribution in [0.4, 0.5) is 14.9 Å². The summed E-state index contributed by atoms with van der Waals surface area (Å²) in [7, 11) is 0. The van der Waals surface area contributed by atoms with Crippen LogP contribution in [0.25, 0.3) is 0 Å². The van der Waals surface area contributed by atoms with Gasteiger partial charge in [0.2, 0.25) is 0 Å². The predicted molar refractivity (Wildman–Crippen MR) is 93.5 cm³/mol. The molecule has 0 bridgehead atoms. The number of hydrogen-bond acceptors (Lipinski definition) is 2. The molecule has 2 aromatic carbocycles. The lowest BCUT2D eigenvalue weighted by Crippen LogP contribution is -2.42. The summed E-state index contributed by atoms with van der Waals surface area (Å²) >= 11 is 0. The molecule has 3 N–H and O–H groups in total. The molecule has 0 saturated carbocycles. The fraction of sp³-hybridized carbons (Fsp3) is 0.316. The van der Waals surface area contributed by atoms with Crippen molar-refractivity contribution in [2.24, 2.45) is 0 Å². The Hall–Kier alpha value is -2.40. The lowest BCUT2D eigenvalue weighted by molar-refractivity contribution is 0.245. The van der Waals surface area contributed by atoms with Crippen LogP contribution in [0.15, 0.2) is 48.5 Å². The second-order valence-electron chi connectivity index (χ2n) is 6.20. The van der Waals surface area contributed by atoms with E-state index < -0.39 is 0 Å². The van der Waals surface area contributed by atoms with Crippen LogP contribution in [-0.2, 0) is 0 Å². The van der Waals surface area contributed by atoms with E-state index in [0.717, 1.165) is 30.5 Å². The third-order valence-corrected chi connectivity index (χ3v) is 4.29. The first-order valence-electron chi connectivity index (χ1n) is 8.25. The SMILES string of the molecule is Cc1cccc(C(NC(=O)Nc2ccc(F)cc2)[C@H]2CCCN2)c1. The standard InChI is InChI=1S/C19H22FN3O/c1-13-4-2-5-14(12-13)18(17-6-3-11-21-17)23-19(24)22-16-9-7-15(20)8-10-16/h2,4-5,7-10,12,17-18,21H,3,6,11H2,1H3,(H2,22,23,24)/t17-,18?/m1/s1. The third-order valence-electron chi connectivity index (χ3n) is 4.29. The molecule has 24 heavy (non-hydrogen) atoms. The Morgan fingerprint density at radius 3 is 2.71 bits per heavy atom. The Bertz CT molecular complexity index is 696. The van der Waals surface area contributed by atoms with Gasteiger partial charge in [0, 0.05) is 11.7 Å². The van der Waals surface area contributed by atoms with E-state index in [9.17, 15) is 9.18 Å². The molecule has 0 aliphatic carbocycles. The van der Waals surface area contributed by atoms with E-state index in [1.165, 1.54) is 12.1 Å². The van der Waals surface area contributed by atoms with Crippen molar-refractivity contribution in [3.8, 4) is 0 Å². The summed E-state index contributed by atoms with van der Waals surface area (Å²) in [6, 6.07) is 13.7. The topological polar surface area (TPSA) is 53.2 Å². The molecule has 1 saturated heterocycles. The number of anilines is 1. The van der Waals surface area contributed by atoms with Crippen LogP contribution in [0, 0.1) is 12.7 Å². The molecular formula is C19H22FN3O. The number of halogens is 1. The summed E-state index contributed by atoms with van der Waals surface area (Å²) in [5.41, 5.74) is 2.82. The monoisotopic (exact) mass is 327 g/mol. The molecular weight excluding hydrogens is 305 g/mol. The van der Waals surface area contributed by atoms with Crippen molar-refractivity contribution in [2.45, 2.75) is 31.8 Å². The highest BCUT2D eigenvalue weighted by atomic mass is 19.1. The molecule has 1 aliphatic rings. The van der Waals surface area contributed by atoms with Gasteiger partial charge in [0.15, 0.2) is 0 Å². The van der Waals surface area contributed by atoms with Crippen molar-refractivity contribution >= 4 is 11.7 Å². The van der Waals surface area contributed by atoms with Crippen molar-refractivity contribution < 1.29 is 9.18 Å². The number of amides is 2. The smallest absolute Gasteiger partial charge is 0.319 e. The number of rotatable bonds is 4. The highest BCUT2D eigenvalue weighted by Gasteiger charge is 2.27. The molecule has 0 spiro atoms. The molecule has 126 valence electrons. The minimum absolute atomic E-state index is 0.104. The van der Waals surface area contributed by atoms with Crippen LogP contribution in [0.1, 0.15) is 30.0 Å². The van der Waals surface area contributed by atoms with Gasteiger partial charge >= 0.3 is 6.03 Å². The first-order valence-corrected chi connectivity index (χ1v) is 8.25. The lowest BCUT2D eigenvalue weighted by atomic mass is 9.97. The molecule has 0 radical (unpaired) electrons. The Morgan fingerprint density at radius 2 is 2.04 bits per heavy atom. The maximum absolute atomic E-state index is 13.0. The van der Waals surface area contributed by atoms with Gasteiger partial charge in [0.05, 0.1) is 6.04 Å². The molecule has 1 unspecified atom stereocenters. The van der Waals surface area contributed by atoms with E-state index in [0.29, 0.717) is 5.69 Å². The quantitative estimate of drug-likeness (QED) is 0.801. The molecule has 5 heteroatoms. The van der Waals surface area contributed by atoms with E-state index >= 15 is 0 Å². The second kappa shape index (κ2) is 7.45. The van der Waals surface area contributed by atoms with Crippen molar-refractivity contribution in [1.82, 2.24) is 10.6 Å². The maximum atomic E-state index is 13.0. The molecule has 2 amide bonds. The summed E-state index contributed by atoms with van der Waals surface area (Å²) in [6.07, 6.45) is 2.13. The van der Waals surface area contributed by atoms with Gasteiger partial charge in [-0.1, -0.05) is 29.8 Å². The predicted octanol–water partition coefficient (Wildman–Crippen LogP) is 3.75. The third kappa shape index (κ3) is 4.11. The van der Waals surface area contributed by atoms with Crippen molar-refractivity contribution in [3.63, 3.8) is 0 Å². The zero-order valence-corrected chi connectivity index (χ0v) is 13.7. The van der Waals surface area contributed by atoms with Crippen LogP contribution in [0.2, 0.25) is 0 Å². The van der Waals surface area contributed by atoms with Crippen molar-refractivity contribution in [3.05, 3.63) is 65.5 Å². The van der Waals surface area contributed by atoms with Crippen LogP contribution in [-0.4, -0.2) is 18.6 Å². The Kier molecular flexibility index (Phi) is 5.11. The highest BCUT2D eigenvalue weighted by molar-refractivity contribution is 5.89. The number of carbonyl (C=O) groups is 1. The average Bonchev–Trinajstić information content (AvgIpc) is 3.09. The summed E-state index contributed by atoms with van der Waals surface area (Å²) in [6.45, 7) is 3.01. The molecule has 2 atom stereocenters. The fourth-order valence-electron chi connectivity index (χ4n) is 3.12. The van der Waals surface area contributed by atoms with Crippen LogP contribution < -0.4 is 16.0 Å². The molecule has 1 fully saturated rings. The minimum Gasteiger partial charge on any atom is -0.329 e. The Balaban J connectivity index is 1.73. The molecule has 1 heterocycles. The summed E-state index contributed by atoms with van der Waals surface area (Å²) in [4.78, 5) is 12.4. The maximum Gasteiger partial charge on any atom is 0.319 e. The van der Waals surface area contributed by atoms with E-state index in [4.69, 9.17) is 0 Å². The van der Waals surface area contributed by atoms with Crippen LogP contribution >= 0.6 is 0 Å². The number of nitrogens with one attached hydrogen (secondary N) is 3. The second-order valence-corrected chi connectivity index (χ2v) is 6.20. The van der Waals surface area contributed by atoms with Gasteiger partial charge in [-0.3, -0.25) is 0 Å². The normalized spacial score (nSPS) is 18.2. The molecule has 3 rings (SSSR count). The lowest BCUT2D eigenvalue weighted by Gasteiger charge is -2.26. The van der Waals surface area contributed by atoms with Crippen LogP contribution in [0.5, 0.6) is 0 Å². The largest absolute Gasteiger partial charge is 0.329 e. The summed E-state index contributed by atoms with van der Waals surface area (Å²) in [5.74, 6) is -0.325. The average molecular weight is 327 g/mol. The number of urea groups is 1. The Labute approximate surface area is 141 Å². The molecule has 1 aliphatic heterocycles. The first kappa shape index (κ1) is 16.5. The zero-order chi connectivity index (χ0) is 16.9. The zero-order valence-electron chi connectivity index (χ0n) is 13.7.